The van der Waals surface area contributed by atoms with Gasteiger partial charge in [0.05, 0.1) is 102 Å². The molecule has 0 bridgehead atoms. The molecule has 0 aliphatic carbocycles. The SMILES string of the molecule is CC(COCCO)OCCO.CCC/C=C/CC(CC(=O)OCCOCC(C)OCCOC(=O)CC(C/C=C/CCC)C(=O)O)C(=O)O.CCC/C=C/CC1CC(=O)OC1=O. The van der Waals surface area contributed by atoms with E-state index in [-0.39, 0.29) is 108 Å². The lowest BCUT2D eigenvalue weighted by Crippen LogP contribution is -2.23. The molecule has 5 atom stereocenters. The Morgan fingerprint density at radius 2 is 1.08 bits per heavy atom. The van der Waals surface area contributed by atoms with E-state index in [0.29, 0.717) is 26.2 Å². The Morgan fingerprint density at radius 3 is 1.51 bits per heavy atom. The number of carboxylic acids is 2. The molecule has 1 saturated heterocycles. The highest BCUT2D eigenvalue weighted by molar-refractivity contribution is 5.94. The van der Waals surface area contributed by atoms with Crippen LogP contribution in [0.1, 0.15) is 112 Å². The van der Waals surface area contributed by atoms with Gasteiger partial charge in [0.15, 0.2) is 0 Å². The zero-order valence-corrected chi connectivity index (χ0v) is 37.0. The quantitative estimate of drug-likeness (QED) is 0.0208. The van der Waals surface area contributed by atoms with Gasteiger partial charge in [-0.25, -0.2) is 0 Å². The van der Waals surface area contributed by atoms with Crippen LogP contribution in [0.15, 0.2) is 36.5 Å². The van der Waals surface area contributed by atoms with Crippen LogP contribution in [0.5, 0.6) is 0 Å². The second kappa shape index (κ2) is 41.4. The zero-order chi connectivity index (χ0) is 46.1. The number of aliphatic hydroxyl groups is 2. The number of carbonyl (C=O) groups is 6. The zero-order valence-electron chi connectivity index (χ0n) is 37.0. The molecule has 0 aromatic heterocycles. The summed E-state index contributed by atoms with van der Waals surface area (Å²) in [6, 6.07) is 0. The number of esters is 4. The average molecular weight is 875 g/mol. The van der Waals surface area contributed by atoms with Crippen LogP contribution < -0.4 is 0 Å². The van der Waals surface area contributed by atoms with E-state index in [2.05, 4.69) is 11.7 Å². The lowest BCUT2D eigenvalue weighted by atomic mass is 10.0. The molecule has 352 valence electrons. The number of hydrogen-bond acceptors (Lipinski definition) is 15. The van der Waals surface area contributed by atoms with Crippen molar-refractivity contribution in [2.24, 2.45) is 17.8 Å². The normalized spacial score (nSPS) is 15.7. The van der Waals surface area contributed by atoms with Crippen molar-refractivity contribution in [1.29, 1.82) is 0 Å². The summed E-state index contributed by atoms with van der Waals surface area (Å²) in [5, 5.41) is 35.2. The molecule has 1 heterocycles. The first-order valence-electron chi connectivity index (χ1n) is 21.3. The summed E-state index contributed by atoms with van der Waals surface area (Å²) in [6.45, 7) is 11.4. The molecule has 1 aliphatic rings. The van der Waals surface area contributed by atoms with E-state index in [1.54, 1.807) is 19.1 Å². The number of aliphatic hydroxyl groups excluding tert-OH is 2. The number of ether oxygens (including phenoxy) is 7. The predicted molar refractivity (Wildman–Crippen MR) is 225 cm³/mol. The minimum Gasteiger partial charge on any atom is -0.481 e. The third kappa shape index (κ3) is 37.5. The fourth-order valence-electron chi connectivity index (χ4n) is 4.93. The molecule has 17 nitrogen and oxygen atoms in total. The second-order valence-electron chi connectivity index (χ2n) is 14.1. The maximum absolute atomic E-state index is 11.9. The molecule has 61 heavy (non-hydrogen) atoms. The number of hydrogen-bond donors (Lipinski definition) is 4. The Bertz CT molecular complexity index is 1260. The highest BCUT2D eigenvalue weighted by atomic mass is 16.6. The van der Waals surface area contributed by atoms with E-state index in [4.69, 9.17) is 38.6 Å². The number of rotatable bonds is 34. The number of carboxylic acid groups (broad SMARTS) is 2. The fourth-order valence-corrected chi connectivity index (χ4v) is 4.93. The van der Waals surface area contributed by atoms with Crippen molar-refractivity contribution in [3.05, 3.63) is 36.5 Å². The largest absolute Gasteiger partial charge is 0.481 e. The summed E-state index contributed by atoms with van der Waals surface area (Å²) in [7, 11) is 0. The fraction of sp³-hybridized carbons (Fsp3) is 0.727. The van der Waals surface area contributed by atoms with Gasteiger partial charge in [-0.05, 0) is 52.4 Å². The molecule has 0 radical (unpaired) electrons. The lowest BCUT2D eigenvalue weighted by molar-refractivity contribution is -0.153. The van der Waals surface area contributed by atoms with E-state index >= 15 is 0 Å². The Labute approximate surface area is 361 Å². The van der Waals surface area contributed by atoms with Gasteiger partial charge in [-0.15, -0.1) is 0 Å². The van der Waals surface area contributed by atoms with Crippen LogP contribution in [0.3, 0.4) is 0 Å². The maximum Gasteiger partial charge on any atom is 0.317 e. The van der Waals surface area contributed by atoms with Crippen LogP contribution >= 0.6 is 0 Å². The first kappa shape index (κ1) is 59.1. The van der Waals surface area contributed by atoms with Gasteiger partial charge < -0.3 is 53.6 Å². The molecule has 5 unspecified atom stereocenters. The Balaban J connectivity index is 0. The number of aliphatic carboxylic acids is 2. The van der Waals surface area contributed by atoms with Crippen LogP contribution in [-0.4, -0.2) is 135 Å². The van der Waals surface area contributed by atoms with Gasteiger partial charge in [-0.1, -0.05) is 76.5 Å². The van der Waals surface area contributed by atoms with E-state index in [0.717, 1.165) is 38.5 Å². The molecule has 1 fully saturated rings. The highest BCUT2D eigenvalue weighted by Crippen LogP contribution is 2.20. The summed E-state index contributed by atoms with van der Waals surface area (Å²) in [5.41, 5.74) is 0. The monoisotopic (exact) mass is 874 g/mol. The summed E-state index contributed by atoms with van der Waals surface area (Å²) < 4.78 is 35.5. The third-order valence-electron chi connectivity index (χ3n) is 8.29. The van der Waals surface area contributed by atoms with E-state index in [1.165, 1.54) is 0 Å². The lowest BCUT2D eigenvalue weighted by Gasteiger charge is -2.14. The standard InChI is InChI=1S/C27H44O10.C10H14O3.C7H16O4/c1-4-6-8-10-12-22(26(30)31)18-24(28)36-15-14-34-20-21(3)35-16-17-37-25(29)19-23(27(32)33)13-11-9-7-5-2;1-2-3-4-5-6-8-7-9(11)13-10(8)12;1-7(11-5-3-9)6-10-4-2-8/h8-11,21-23H,4-7,12-20H2,1-3H3,(H,30,31)(H,32,33);4-5,8H,2-3,6-7H2,1H3;7-9H,2-6H2,1H3/b10-8+,11-9+;5-4+;. The molecular weight excluding hydrogens is 800 g/mol. The third-order valence-corrected chi connectivity index (χ3v) is 8.29. The molecule has 0 saturated carbocycles. The van der Waals surface area contributed by atoms with E-state index < -0.39 is 35.7 Å². The second-order valence-corrected chi connectivity index (χ2v) is 14.1. The Hall–Kier alpha value is -4.00. The van der Waals surface area contributed by atoms with Crippen molar-refractivity contribution in [2.75, 3.05) is 66.1 Å². The number of cyclic esters (lactones) is 2. The van der Waals surface area contributed by atoms with Gasteiger partial charge in [0.25, 0.3) is 0 Å². The topological polar surface area (TPSA) is 248 Å². The van der Waals surface area contributed by atoms with Gasteiger partial charge in [-0.3, -0.25) is 28.8 Å². The van der Waals surface area contributed by atoms with Gasteiger partial charge in [0, 0.05) is 0 Å². The molecule has 4 N–H and O–H groups in total. The summed E-state index contributed by atoms with van der Waals surface area (Å²) in [5.74, 6) is -5.88. The summed E-state index contributed by atoms with van der Waals surface area (Å²) in [6.07, 6.45) is 17.9. The van der Waals surface area contributed by atoms with Crippen molar-refractivity contribution in [1.82, 2.24) is 0 Å². The molecule has 0 aromatic carbocycles. The molecule has 0 aromatic rings. The molecule has 0 amide bonds. The van der Waals surface area contributed by atoms with Gasteiger partial charge in [-0.2, -0.15) is 0 Å². The van der Waals surface area contributed by atoms with Gasteiger partial charge in [0.2, 0.25) is 0 Å². The van der Waals surface area contributed by atoms with Crippen LogP contribution in [0.4, 0.5) is 0 Å². The minimum atomic E-state index is -1.04. The van der Waals surface area contributed by atoms with Crippen LogP contribution in [0, 0.1) is 17.8 Å². The van der Waals surface area contributed by atoms with Crippen molar-refractivity contribution < 1.29 is 82.4 Å². The molecule has 17 heteroatoms. The Morgan fingerprint density at radius 1 is 0.639 bits per heavy atom. The maximum atomic E-state index is 11.9. The van der Waals surface area contributed by atoms with Crippen LogP contribution in [0.25, 0.3) is 0 Å². The molecule has 1 rings (SSSR count). The van der Waals surface area contributed by atoms with Crippen molar-refractivity contribution in [3.63, 3.8) is 0 Å². The Kier molecular flexibility index (Phi) is 40.1. The van der Waals surface area contributed by atoms with Crippen LogP contribution in [-0.2, 0) is 61.9 Å². The van der Waals surface area contributed by atoms with Gasteiger partial charge in [0.1, 0.15) is 13.2 Å². The molecule has 1 aliphatic heterocycles. The average Bonchev–Trinajstić information content (AvgIpc) is 3.55. The predicted octanol–water partition coefficient (Wildman–Crippen LogP) is 5.38. The van der Waals surface area contributed by atoms with Crippen molar-refractivity contribution in [2.45, 2.75) is 124 Å². The number of allylic oxidation sites excluding steroid dienone is 6. The summed E-state index contributed by atoms with van der Waals surface area (Å²) in [4.78, 5) is 68.0. The molecular formula is C44H74O17. The summed E-state index contributed by atoms with van der Waals surface area (Å²) >= 11 is 0. The molecule has 0 spiro atoms. The van der Waals surface area contributed by atoms with Crippen LogP contribution in [0.2, 0.25) is 0 Å². The first-order chi connectivity index (χ1) is 29.2. The highest BCUT2D eigenvalue weighted by Gasteiger charge is 2.32. The van der Waals surface area contributed by atoms with E-state index in [1.807, 2.05) is 45.1 Å². The number of unbranched alkanes of at least 4 members (excludes halogenated alkanes) is 3. The first-order valence-corrected chi connectivity index (χ1v) is 21.3. The van der Waals surface area contributed by atoms with Crippen molar-refractivity contribution >= 4 is 35.8 Å². The number of carbonyl (C=O) groups excluding carboxylic acids is 4. The van der Waals surface area contributed by atoms with E-state index in [9.17, 15) is 39.0 Å². The smallest absolute Gasteiger partial charge is 0.317 e. The minimum absolute atomic E-state index is 0.000440. The van der Waals surface area contributed by atoms with Crippen molar-refractivity contribution in [3.8, 4) is 0 Å². The van der Waals surface area contributed by atoms with Gasteiger partial charge >= 0.3 is 35.8 Å².